The maximum atomic E-state index is 12.9. The second-order valence-electron chi connectivity index (χ2n) is 7.02. The van der Waals surface area contributed by atoms with Gasteiger partial charge in [0.1, 0.15) is 11.1 Å². The lowest BCUT2D eigenvalue weighted by atomic mass is 9.83. The third-order valence-electron chi connectivity index (χ3n) is 5.11. The summed E-state index contributed by atoms with van der Waals surface area (Å²) >= 11 is 0. The molecule has 114 valence electrons. The molecule has 4 heteroatoms. The van der Waals surface area contributed by atoms with Crippen LogP contribution in [0, 0.1) is 5.92 Å². The van der Waals surface area contributed by atoms with Crippen molar-refractivity contribution >= 4 is 11.8 Å². The number of nitrogens with zero attached hydrogens (tertiary/aromatic N) is 1. The zero-order valence-electron chi connectivity index (χ0n) is 13.3. The molecule has 0 radical (unpaired) electrons. The van der Waals surface area contributed by atoms with Gasteiger partial charge < -0.3 is 10.2 Å². The fraction of sp³-hybridized carbons (Fsp3) is 0.875. The molecule has 0 aromatic rings. The molecule has 1 aliphatic heterocycles. The van der Waals surface area contributed by atoms with Gasteiger partial charge in [0, 0.05) is 6.54 Å². The highest BCUT2D eigenvalue weighted by Gasteiger charge is 2.56. The Labute approximate surface area is 122 Å². The van der Waals surface area contributed by atoms with E-state index in [0.717, 1.165) is 32.1 Å². The van der Waals surface area contributed by atoms with Crippen LogP contribution in [0.25, 0.3) is 0 Å². The molecule has 1 atom stereocenters. The van der Waals surface area contributed by atoms with Crippen LogP contribution >= 0.6 is 0 Å². The summed E-state index contributed by atoms with van der Waals surface area (Å²) in [5, 5.41) is 3.01. The van der Waals surface area contributed by atoms with E-state index in [1.165, 1.54) is 0 Å². The van der Waals surface area contributed by atoms with Crippen molar-refractivity contribution in [1.82, 2.24) is 10.2 Å². The van der Waals surface area contributed by atoms with E-state index in [-0.39, 0.29) is 11.8 Å². The summed E-state index contributed by atoms with van der Waals surface area (Å²) in [6, 6.07) is 0. The molecule has 1 unspecified atom stereocenters. The second kappa shape index (κ2) is 5.38. The van der Waals surface area contributed by atoms with Gasteiger partial charge in [-0.05, 0) is 38.5 Å². The molecule has 2 aliphatic rings. The molecule has 2 fully saturated rings. The minimum Gasteiger partial charge on any atom is -0.340 e. The Hall–Kier alpha value is -1.06. The Kier molecular flexibility index (Phi) is 4.12. The molecule has 1 N–H and O–H groups in total. The van der Waals surface area contributed by atoms with Gasteiger partial charge in [0.15, 0.2) is 0 Å². The Balaban J connectivity index is 2.31. The number of piperazine rings is 1. The van der Waals surface area contributed by atoms with Gasteiger partial charge in [0.2, 0.25) is 11.8 Å². The molecule has 1 heterocycles. The highest BCUT2D eigenvalue weighted by molar-refractivity contribution is 6.02. The van der Waals surface area contributed by atoms with E-state index in [1.54, 1.807) is 0 Å². The summed E-state index contributed by atoms with van der Waals surface area (Å²) in [7, 11) is 0. The van der Waals surface area contributed by atoms with Crippen LogP contribution in [0.3, 0.4) is 0 Å². The van der Waals surface area contributed by atoms with Crippen molar-refractivity contribution in [1.29, 1.82) is 0 Å². The Bertz CT molecular complexity index is 399. The van der Waals surface area contributed by atoms with E-state index in [2.05, 4.69) is 19.2 Å². The monoisotopic (exact) mass is 280 g/mol. The zero-order valence-corrected chi connectivity index (χ0v) is 13.3. The van der Waals surface area contributed by atoms with Crippen molar-refractivity contribution in [3.05, 3.63) is 0 Å². The molecule has 0 bridgehead atoms. The lowest BCUT2D eigenvalue weighted by Crippen LogP contribution is -2.74. The van der Waals surface area contributed by atoms with Crippen LogP contribution in [0.2, 0.25) is 0 Å². The van der Waals surface area contributed by atoms with Crippen molar-refractivity contribution in [2.75, 3.05) is 6.54 Å². The number of amides is 2. The van der Waals surface area contributed by atoms with Crippen LogP contribution < -0.4 is 5.32 Å². The minimum atomic E-state index is -0.720. The predicted molar refractivity (Wildman–Crippen MR) is 79.2 cm³/mol. The molecular formula is C16H28N2O2. The average Bonchev–Trinajstić information content (AvgIpc) is 2.87. The molecule has 0 aromatic carbocycles. The lowest BCUT2D eigenvalue weighted by molar-refractivity contribution is -0.162. The molecule has 20 heavy (non-hydrogen) atoms. The molecular weight excluding hydrogens is 252 g/mol. The van der Waals surface area contributed by atoms with E-state index < -0.39 is 11.1 Å². The van der Waals surface area contributed by atoms with Gasteiger partial charge in [-0.25, -0.2) is 0 Å². The Morgan fingerprint density at radius 1 is 1.25 bits per heavy atom. The van der Waals surface area contributed by atoms with Crippen molar-refractivity contribution < 1.29 is 9.59 Å². The van der Waals surface area contributed by atoms with Gasteiger partial charge >= 0.3 is 0 Å². The van der Waals surface area contributed by atoms with Gasteiger partial charge in [0.05, 0.1) is 0 Å². The molecule has 1 aliphatic carbocycles. The van der Waals surface area contributed by atoms with Crippen LogP contribution in [0.15, 0.2) is 0 Å². The van der Waals surface area contributed by atoms with Crippen molar-refractivity contribution in [3.8, 4) is 0 Å². The summed E-state index contributed by atoms with van der Waals surface area (Å²) in [5.74, 6) is 0.726. The molecule has 1 saturated carbocycles. The average molecular weight is 280 g/mol. The van der Waals surface area contributed by atoms with Crippen LogP contribution in [0.5, 0.6) is 0 Å². The van der Waals surface area contributed by atoms with Crippen molar-refractivity contribution in [3.63, 3.8) is 0 Å². The van der Waals surface area contributed by atoms with Crippen LogP contribution in [-0.2, 0) is 9.59 Å². The number of hydrogen-bond acceptors (Lipinski definition) is 2. The normalized spacial score (nSPS) is 29.4. The fourth-order valence-electron chi connectivity index (χ4n) is 3.43. The summed E-state index contributed by atoms with van der Waals surface area (Å²) in [5.41, 5.74) is -1.28. The molecule has 1 saturated heterocycles. The standard InChI is InChI=1S/C16H28N2O2/c1-5-15(4)14(20)18(11-8-12(2)3)16(13(19)17-15)9-6-7-10-16/h12H,5-11H2,1-4H3,(H,17,19). The molecule has 2 amide bonds. The van der Waals surface area contributed by atoms with E-state index >= 15 is 0 Å². The number of nitrogens with one attached hydrogen (secondary N) is 1. The smallest absolute Gasteiger partial charge is 0.248 e. The van der Waals surface area contributed by atoms with Gasteiger partial charge in [-0.1, -0.05) is 33.6 Å². The summed E-state index contributed by atoms with van der Waals surface area (Å²) in [6.07, 6.45) is 5.33. The third kappa shape index (κ3) is 2.33. The minimum absolute atomic E-state index is 0.0720. The SMILES string of the molecule is CCC1(C)NC(=O)C2(CCCC2)N(CCC(C)C)C1=O. The number of rotatable bonds is 4. The van der Waals surface area contributed by atoms with Crippen molar-refractivity contribution in [2.45, 2.75) is 77.3 Å². The molecule has 2 rings (SSSR count). The summed E-state index contributed by atoms with van der Waals surface area (Å²) < 4.78 is 0. The lowest BCUT2D eigenvalue weighted by Gasteiger charge is -2.50. The van der Waals surface area contributed by atoms with Crippen LogP contribution in [0.4, 0.5) is 0 Å². The first-order valence-corrected chi connectivity index (χ1v) is 8.00. The third-order valence-corrected chi connectivity index (χ3v) is 5.11. The van der Waals surface area contributed by atoms with Crippen molar-refractivity contribution in [2.24, 2.45) is 5.92 Å². The summed E-state index contributed by atoms with van der Waals surface area (Å²) in [6.45, 7) is 8.85. The number of carbonyl (C=O) groups excluding carboxylic acids is 2. The predicted octanol–water partition coefficient (Wildman–Crippen LogP) is 2.47. The molecule has 4 nitrogen and oxygen atoms in total. The van der Waals surface area contributed by atoms with E-state index in [1.807, 2.05) is 18.7 Å². The number of hydrogen-bond donors (Lipinski definition) is 1. The van der Waals surface area contributed by atoms with Gasteiger partial charge in [0.25, 0.3) is 0 Å². The van der Waals surface area contributed by atoms with E-state index in [9.17, 15) is 9.59 Å². The van der Waals surface area contributed by atoms with Crippen LogP contribution in [-0.4, -0.2) is 34.3 Å². The highest BCUT2D eigenvalue weighted by Crippen LogP contribution is 2.40. The van der Waals surface area contributed by atoms with Gasteiger partial charge in [-0.15, -0.1) is 0 Å². The molecule has 0 aromatic heterocycles. The quantitative estimate of drug-likeness (QED) is 0.860. The Morgan fingerprint density at radius 2 is 1.85 bits per heavy atom. The van der Waals surface area contributed by atoms with E-state index in [4.69, 9.17) is 0 Å². The van der Waals surface area contributed by atoms with E-state index in [0.29, 0.717) is 18.9 Å². The largest absolute Gasteiger partial charge is 0.340 e. The maximum Gasteiger partial charge on any atom is 0.248 e. The topological polar surface area (TPSA) is 49.4 Å². The first-order valence-electron chi connectivity index (χ1n) is 8.00. The first kappa shape index (κ1) is 15.3. The molecule has 1 spiro atoms. The fourth-order valence-corrected chi connectivity index (χ4v) is 3.43. The maximum absolute atomic E-state index is 12.9. The number of carbonyl (C=O) groups is 2. The second-order valence-corrected chi connectivity index (χ2v) is 7.02. The van der Waals surface area contributed by atoms with Gasteiger partial charge in [-0.3, -0.25) is 9.59 Å². The summed E-state index contributed by atoms with van der Waals surface area (Å²) in [4.78, 5) is 27.5. The first-order chi connectivity index (χ1) is 9.35. The van der Waals surface area contributed by atoms with Gasteiger partial charge in [-0.2, -0.15) is 0 Å². The van der Waals surface area contributed by atoms with Crippen LogP contribution in [0.1, 0.15) is 66.2 Å². The zero-order chi connectivity index (χ0) is 15.0. The Morgan fingerprint density at radius 3 is 2.35 bits per heavy atom. The highest BCUT2D eigenvalue weighted by atomic mass is 16.2.